The summed E-state index contributed by atoms with van der Waals surface area (Å²) in [6, 6.07) is 1.33. The molecule has 3 heterocycles. The van der Waals surface area contributed by atoms with Crippen molar-refractivity contribution >= 4 is 11.5 Å². The second kappa shape index (κ2) is 6.13. The second-order valence-electron chi connectivity index (χ2n) is 5.74. The van der Waals surface area contributed by atoms with E-state index in [0.717, 1.165) is 6.20 Å². The van der Waals surface area contributed by atoms with Gasteiger partial charge in [-0.1, -0.05) is 0 Å². The monoisotopic (exact) mass is 367 g/mol. The van der Waals surface area contributed by atoms with Crippen LogP contribution in [0.3, 0.4) is 0 Å². The first-order chi connectivity index (χ1) is 12.2. The molecule has 138 valence electrons. The molecule has 0 aromatic carbocycles. The summed E-state index contributed by atoms with van der Waals surface area (Å²) in [5.41, 5.74) is -2.36. The van der Waals surface area contributed by atoms with E-state index in [0.29, 0.717) is 29.8 Å². The van der Waals surface area contributed by atoms with Crippen molar-refractivity contribution < 1.29 is 23.0 Å². The van der Waals surface area contributed by atoms with Crippen LogP contribution in [0, 0.1) is 0 Å². The van der Waals surface area contributed by atoms with Gasteiger partial charge in [0.25, 0.3) is 0 Å². The van der Waals surface area contributed by atoms with Crippen molar-refractivity contribution in [2.75, 3.05) is 19.5 Å². The number of halogens is 3. The topological polar surface area (TPSA) is 84.6 Å². The summed E-state index contributed by atoms with van der Waals surface area (Å²) in [4.78, 5) is 12.5. The largest absolute Gasteiger partial charge is 0.496 e. The van der Waals surface area contributed by atoms with Crippen molar-refractivity contribution in [2.45, 2.75) is 18.7 Å². The Morgan fingerprint density at radius 1 is 1.23 bits per heavy atom. The van der Waals surface area contributed by atoms with Gasteiger partial charge in [0.15, 0.2) is 5.60 Å². The minimum absolute atomic E-state index is 0.118. The van der Waals surface area contributed by atoms with Crippen LogP contribution in [0.5, 0.6) is 5.75 Å². The van der Waals surface area contributed by atoms with Crippen LogP contribution in [-0.2, 0) is 5.60 Å². The summed E-state index contributed by atoms with van der Waals surface area (Å²) in [7, 11) is 2.90. The Labute approximate surface area is 146 Å². The van der Waals surface area contributed by atoms with Gasteiger partial charge in [-0.05, 0) is 6.92 Å². The van der Waals surface area contributed by atoms with E-state index in [2.05, 4.69) is 20.3 Å². The van der Waals surface area contributed by atoms with E-state index in [1.54, 1.807) is 7.05 Å². The molecular weight excluding hydrogens is 351 g/mol. The molecule has 3 aromatic rings. The smallest absolute Gasteiger partial charge is 0.421 e. The fourth-order valence-corrected chi connectivity index (χ4v) is 2.49. The summed E-state index contributed by atoms with van der Waals surface area (Å²) in [6.07, 6.45) is 0.703. The molecule has 2 N–H and O–H groups in total. The molecule has 0 aliphatic rings. The van der Waals surface area contributed by atoms with Crippen LogP contribution >= 0.6 is 0 Å². The van der Waals surface area contributed by atoms with E-state index in [9.17, 15) is 18.3 Å². The first-order valence-electron chi connectivity index (χ1n) is 7.54. The molecule has 3 aromatic heterocycles. The maximum absolute atomic E-state index is 13.3. The summed E-state index contributed by atoms with van der Waals surface area (Å²) in [6.45, 7) is 0.675. The third kappa shape index (κ3) is 2.81. The molecule has 0 amide bonds. The molecule has 0 aliphatic heterocycles. The highest BCUT2D eigenvalue weighted by molar-refractivity contribution is 5.63. The molecule has 0 bridgehead atoms. The lowest BCUT2D eigenvalue weighted by Crippen LogP contribution is -2.39. The average molecular weight is 367 g/mol. The molecular formula is C16H16F3N5O2. The van der Waals surface area contributed by atoms with Gasteiger partial charge < -0.3 is 15.2 Å². The predicted molar refractivity (Wildman–Crippen MR) is 87.9 cm³/mol. The Kier molecular flexibility index (Phi) is 4.23. The summed E-state index contributed by atoms with van der Waals surface area (Å²) in [5.74, 6) is 0.375. The fourth-order valence-electron chi connectivity index (χ4n) is 2.49. The van der Waals surface area contributed by atoms with Crippen LogP contribution in [-0.4, -0.2) is 44.8 Å². The molecule has 0 fully saturated rings. The summed E-state index contributed by atoms with van der Waals surface area (Å²) in [5, 5.41) is 12.9. The van der Waals surface area contributed by atoms with E-state index in [1.165, 1.54) is 36.2 Å². The highest BCUT2D eigenvalue weighted by Gasteiger charge is 2.53. The normalized spacial score (nSPS) is 14.3. The maximum Gasteiger partial charge on any atom is 0.421 e. The van der Waals surface area contributed by atoms with Crippen LogP contribution < -0.4 is 10.1 Å². The van der Waals surface area contributed by atoms with Gasteiger partial charge in [0.05, 0.1) is 37.0 Å². The number of pyridine rings is 1. The van der Waals surface area contributed by atoms with Crippen LogP contribution in [0.25, 0.3) is 17.0 Å². The number of alkyl halides is 3. The predicted octanol–water partition coefficient (Wildman–Crippen LogP) is 2.61. The SMILES string of the molecule is CNc1cncc(-c2cnc3cc(OC)c(C(C)(O)C(F)(F)F)cn23)n1. The number of nitrogens with one attached hydrogen (secondary N) is 1. The quantitative estimate of drug-likeness (QED) is 0.737. The van der Waals surface area contributed by atoms with Gasteiger partial charge in [0.1, 0.15) is 22.9 Å². The number of imidazole rings is 1. The van der Waals surface area contributed by atoms with Crippen molar-refractivity contribution in [3.8, 4) is 17.1 Å². The first kappa shape index (κ1) is 17.9. The lowest BCUT2D eigenvalue weighted by molar-refractivity contribution is -0.259. The molecule has 0 spiro atoms. The second-order valence-corrected chi connectivity index (χ2v) is 5.74. The zero-order valence-corrected chi connectivity index (χ0v) is 14.2. The number of hydrogen-bond acceptors (Lipinski definition) is 6. The van der Waals surface area contributed by atoms with Gasteiger partial charge in [-0.3, -0.25) is 9.38 Å². The third-order valence-electron chi connectivity index (χ3n) is 4.06. The molecule has 0 aliphatic carbocycles. The van der Waals surface area contributed by atoms with Gasteiger partial charge in [-0.25, -0.2) is 9.97 Å². The first-order valence-corrected chi connectivity index (χ1v) is 7.54. The summed E-state index contributed by atoms with van der Waals surface area (Å²) < 4.78 is 46.4. The number of aliphatic hydroxyl groups is 1. The molecule has 1 atom stereocenters. The Morgan fingerprint density at radius 3 is 2.58 bits per heavy atom. The zero-order chi connectivity index (χ0) is 19.1. The highest BCUT2D eigenvalue weighted by Crippen LogP contribution is 2.42. The lowest BCUT2D eigenvalue weighted by Gasteiger charge is -2.28. The molecule has 3 rings (SSSR count). The molecule has 7 nitrogen and oxygen atoms in total. The van der Waals surface area contributed by atoms with E-state index in [1.807, 2.05) is 0 Å². The van der Waals surface area contributed by atoms with Crippen molar-refractivity contribution in [3.05, 3.63) is 36.4 Å². The number of hydrogen-bond donors (Lipinski definition) is 2. The van der Waals surface area contributed by atoms with Crippen molar-refractivity contribution in [2.24, 2.45) is 0 Å². The Hall–Kier alpha value is -2.88. The van der Waals surface area contributed by atoms with Crippen molar-refractivity contribution in [3.63, 3.8) is 0 Å². The fraction of sp³-hybridized carbons (Fsp3) is 0.312. The van der Waals surface area contributed by atoms with Crippen LogP contribution in [0.15, 0.2) is 30.9 Å². The number of methoxy groups -OCH3 is 1. The van der Waals surface area contributed by atoms with Gasteiger partial charge >= 0.3 is 6.18 Å². The minimum Gasteiger partial charge on any atom is -0.496 e. The van der Waals surface area contributed by atoms with Crippen molar-refractivity contribution in [1.82, 2.24) is 19.4 Å². The Morgan fingerprint density at radius 2 is 1.96 bits per heavy atom. The van der Waals surface area contributed by atoms with Crippen molar-refractivity contribution in [1.29, 1.82) is 0 Å². The minimum atomic E-state index is -4.89. The van der Waals surface area contributed by atoms with E-state index in [-0.39, 0.29) is 5.75 Å². The van der Waals surface area contributed by atoms with E-state index < -0.39 is 17.3 Å². The molecule has 26 heavy (non-hydrogen) atoms. The molecule has 0 radical (unpaired) electrons. The zero-order valence-electron chi connectivity index (χ0n) is 14.2. The summed E-state index contributed by atoms with van der Waals surface area (Å²) >= 11 is 0. The van der Waals surface area contributed by atoms with E-state index in [4.69, 9.17) is 4.74 Å². The lowest BCUT2D eigenvalue weighted by atomic mass is 9.96. The van der Waals surface area contributed by atoms with Gasteiger partial charge in [0.2, 0.25) is 0 Å². The van der Waals surface area contributed by atoms with Crippen LogP contribution in [0.2, 0.25) is 0 Å². The van der Waals surface area contributed by atoms with Crippen LogP contribution in [0.1, 0.15) is 12.5 Å². The molecule has 0 saturated heterocycles. The van der Waals surface area contributed by atoms with Gasteiger partial charge in [-0.15, -0.1) is 0 Å². The van der Waals surface area contributed by atoms with Crippen LogP contribution in [0.4, 0.5) is 19.0 Å². The Balaban J connectivity index is 2.25. The maximum atomic E-state index is 13.3. The molecule has 1 unspecified atom stereocenters. The highest BCUT2D eigenvalue weighted by atomic mass is 19.4. The number of fused-ring (bicyclic) bond motifs is 1. The number of nitrogens with zero attached hydrogens (tertiary/aromatic N) is 4. The van der Waals surface area contributed by atoms with Gasteiger partial charge in [-0.2, -0.15) is 13.2 Å². The third-order valence-corrected chi connectivity index (χ3v) is 4.06. The number of ether oxygens (including phenoxy) is 1. The number of rotatable bonds is 4. The molecule has 0 saturated carbocycles. The Bertz CT molecular complexity index is 953. The number of anilines is 1. The standard InChI is InChI=1S/C16H16F3N5O2/c1-15(25,16(17,18)19)9-8-24-11(6-22-14(24)4-12(9)26-3)10-5-21-7-13(20-2)23-10/h4-8,25H,1-3H3,(H,20,23). The number of aromatic nitrogens is 4. The molecule has 10 heteroatoms. The van der Waals surface area contributed by atoms with Gasteiger partial charge in [0, 0.05) is 19.3 Å². The average Bonchev–Trinajstić information content (AvgIpc) is 3.02. The van der Waals surface area contributed by atoms with E-state index >= 15 is 0 Å².